The molecule has 1 saturated heterocycles. The van der Waals surface area contributed by atoms with Gasteiger partial charge < -0.3 is 10.0 Å². The molecule has 1 aliphatic carbocycles. The summed E-state index contributed by atoms with van der Waals surface area (Å²) in [6, 6.07) is 0.783. The van der Waals surface area contributed by atoms with E-state index in [9.17, 15) is 5.11 Å². The number of likely N-dealkylation sites (N-methyl/N-ethyl adjacent to an activating group) is 1. The van der Waals surface area contributed by atoms with E-state index >= 15 is 0 Å². The van der Waals surface area contributed by atoms with E-state index < -0.39 is 0 Å². The summed E-state index contributed by atoms with van der Waals surface area (Å²) < 4.78 is 1.91. The Kier molecular flexibility index (Phi) is 5.39. The highest BCUT2D eigenvalue weighted by Crippen LogP contribution is 2.36. The van der Waals surface area contributed by atoms with E-state index in [1.807, 2.05) is 17.9 Å². The lowest BCUT2D eigenvalue weighted by Crippen LogP contribution is -2.48. The highest BCUT2D eigenvalue weighted by molar-refractivity contribution is 5.13. The lowest BCUT2D eigenvalue weighted by atomic mass is 9.84. The van der Waals surface area contributed by atoms with Gasteiger partial charge in [-0.2, -0.15) is 5.10 Å². The predicted molar refractivity (Wildman–Crippen MR) is 92.2 cm³/mol. The standard InChI is InChI=1S/C18H32N4O/c1-20-10-6-7-14(18(20)15-11-19-22(3)13-15)12-21(2)16-8-4-5-9-17(16)23/h11,13-14,16-18,23H,4-10,12H2,1-3H3/t14-,16?,17?,18+/m0/s1. The summed E-state index contributed by atoms with van der Waals surface area (Å²) in [6.07, 6.45) is 11.1. The van der Waals surface area contributed by atoms with E-state index in [0.29, 0.717) is 18.0 Å². The van der Waals surface area contributed by atoms with Gasteiger partial charge in [-0.15, -0.1) is 0 Å². The maximum atomic E-state index is 10.3. The average molecular weight is 320 g/mol. The topological polar surface area (TPSA) is 44.5 Å². The fourth-order valence-corrected chi connectivity index (χ4v) is 4.68. The van der Waals surface area contributed by atoms with Crippen molar-refractivity contribution < 1.29 is 5.11 Å². The molecule has 2 heterocycles. The molecule has 0 amide bonds. The third-order valence-electron chi connectivity index (χ3n) is 5.86. The molecule has 1 saturated carbocycles. The molecule has 0 aromatic carbocycles. The van der Waals surface area contributed by atoms with Crippen LogP contribution in [0.5, 0.6) is 0 Å². The maximum absolute atomic E-state index is 10.3. The summed E-state index contributed by atoms with van der Waals surface area (Å²) in [4.78, 5) is 4.91. The van der Waals surface area contributed by atoms with Crippen LogP contribution in [0.1, 0.15) is 50.1 Å². The van der Waals surface area contributed by atoms with Gasteiger partial charge in [0.05, 0.1) is 12.3 Å². The van der Waals surface area contributed by atoms with E-state index in [2.05, 4.69) is 35.2 Å². The number of nitrogens with zero attached hydrogens (tertiary/aromatic N) is 4. The van der Waals surface area contributed by atoms with Gasteiger partial charge in [-0.25, -0.2) is 0 Å². The van der Waals surface area contributed by atoms with Gasteiger partial charge in [-0.05, 0) is 52.2 Å². The first kappa shape index (κ1) is 16.9. The molecule has 5 nitrogen and oxygen atoms in total. The fraction of sp³-hybridized carbons (Fsp3) is 0.833. The lowest BCUT2D eigenvalue weighted by Gasteiger charge is -2.43. The summed E-state index contributed by atoms with van der Waals surface area (Å²) in [5.41, 5.74) is 1.33. The van der Waals surface area contributed by atoms with Crippen molar-refractivity contribution in [2.24, 2.45) is 13.0 Å². The molecule has 1 aromatic heterocycles. The van der Waals surface area contributed by atoms with Crippen LogP contribution in [0, 0.1) is 5.92 Å². The number of aromatic nitrogens is 2. The van der Waals surface area contributed by atoms with Crippen LogP contribution >= 0.6 is 0 Å². The van der Waals surface area contributed by atoms with Crippen molar-refractivity contribution in [3.8, 4) is 0 Å². The lowest BCUT2D eigenvalue weighted by molar-refractivity contribution is 0.00989. The van der Waals surface area contributed by atoms with Crippen LogP contribution in [-0.4, -0.2) is 64.0 Å². The van der Waals surface area contributed by atoms with E-state index in [1.165, 1.54) is 31.2 Å². The molecule has 1 aromatic rings. The molecule has 4 atom stereocenters. The molecule has 2 unspecified atom stereocenters. The quantitative estimate of drug-likeness (QED) is 0.922. The van der Waals surface area contributed by atoms with Crippen LogP contribution < -0.4 is 0 Å². The Hall–Kier alpha value is -0.910. The number of likely N-dealkylation sites (tertiary alicyclic amines) is 1. The smallest absolute Gasteiger partial charge is 0.0695 e. The van der Waals surface area contributed by atoms with Crippen LogP contribution in [0.3, 0.4) is 0 Å². The van der Waals surface area contributed by atoms with Gasteiger partial charge >= 0.3 is 0 Å². The van der Waals surface area contributed by atoms with Crippen molar-refractivity contribution >= 4 is 0 Å². The van der Waals surface area contributed by atoms with Gasteiger partial charge in [0.2, 0.25) is 0 Å². The molecule has 1 aliphatic heterocycles. The van der Waals surface area contributed by atoms with E-state index in [4.69, 9.17) is 0 Å². The first-order valence-corrected chi connectivity index (χ1v) is 9.13. The highest BCUT2D eigenvalue weighted by Gasteiger charge is 2.34. The van der Waals surface area contributed by atoms with Gasteiger partial charge in [-0.3, -0.25) is 9.58 Å². The summed E-state index contributed by atoms with van der Waals surface area (Å²) in [6.45, 7) is 2.22. The Balaban J connectivity index is 1.71. The molecule has 23 heavy (non-hydrogen) atoms. The number of hydrogen-bond donors (Lipinski definition) is 1. The van der Waals surface area contributed by atoms with Gasteiger partial charge in [0.25, 0.3) is 0 Å². The average Bonchev–Trinajstić information content (AvgIpc) is 2.94. The minimum absolute atomic E-state index is 0.146. The van der Waals surface area contributed by atoms with E-state index in [1.54, 1.807) is 0 Å². The van der Waals surface area contributed by atoms with Crippen molar-refractivity contribution in [2.45, 2.75) is 56.7 Å². The molecule has 2 fully saturated rings. The monoisotopic (exact) mass is 320 g/mol. The zero-order chi connectivity index (χ0) is 16.4. The van der Waals surface area contributed by atoms with E-state index in [0.717, 1.165) is 25.9 Å². The first-order chi connectivity index (χ1) is 11.1. The first-order valence-electron chi connectivity index (χ1n) is 9.13. The summed E-state index contributed by atoms with van der Waals surface area (Å²) in [7, 11) is 6.43. The van der Waals surface area contributed by atoms with Gasteiger partial charge in [0.15, 0.2) is 0 Å². The second-order valence-corrected chi connectivity index (χ2v) is 7.63. The van der Waals surface area contributed by atoms with Crippen LogP contribution in [0.25, 0.3) is 0 Å². The highest BCUT2D eigenvalue weighted by atomic mass is 16.3. The fourth-order valence-electron chi connectivity index (χ4n) is 4.68. The van der Waals surface area contributed by atoms with Gasteiger partial charge in [0, 0.05) is 37.4 Å². The van der Waals surface area contributed by atoms with Crippen molar-refractivity contribution in [3.63, 3.8) is 0 Å². The molecule has 130 valence electrons. The Morgan fingerprint density at radius 3 is 2.70 bits per heavy atom. The van der Waals surface area contributed by atoms with Crippen molar-refractivity contribution in [1.82, 2.24) is 19.6 Å². The zero-order valence-electron chi connectivity index (χ0n) is 14.9. The number of hydrogen-bond acceptors (Lipinski definition) is 4. The summed E-state index contributed by atoms with van der Waals surface area (Å²) in [5, 5.41) is 14.7. The molecule has 0 bridgehead atoms. The SMILES string of the molecule is CN(C[C@@H]1CCCN(C)[C@H]1c1cnn(C)c1)C1CCCCC1O. The Morgan fingerprint density at radius 2 is 2.00 bits per heavy atom. The largest absolute Gasteiger partial charge is 0.391 e. The van der Waals surface area contributed by atoms with Gasteiger partial charge in [0.1, 0.15) is 0 Å². The predicted octanol–water partition coefficient (Wildman–Crippen LogP) is 2.04. The molecule has 5 heteroatoms. The summed E-state index contributed by atoms with van der Waals surface area (Å²) >= 11 is 0. The summed E-state index contributed by atoms with van der Waals surface area (Å²) in [5.74, 6) is 0.608. The molecule has 0 spiro atoms. The van der Waals surface area contributed by atoms with Crippen molar-refractivity contribution in [1.29, 1.82) is 0 Å². The molecule has 1 N–H and O–H groups in total. The Labute approximate surface area is 140 Å². The maximum Gasteiger partial charge on any atom is 0.0695 e. The van der Waals surface area contributed by atoms with Crippen molar-refractivity contribution in [3.05, 3.63) is 18.0 Å². The number of rotatable bonds is 4. The molecule has 3 rings (SSSR count). The second kappa shape index (κ2) is 7.32. The zero-order valence-corrected chi connectivity index (χ0v) is 14.9. The van der Waals surface area contributed by atoms with Crippen LogP contribution in [0.4, 0.5) is 0 Å². The molecule has 0 radical (unpaired) electrons. The minimum atomic E-state index is -0.146. The van der Waals surface area contributed by atoms with Crippen LogP contribution in [-0.2, 0) is 7.05 Å². The number of aryl methyl sites for hydroxylation is 1. The van der Waals surface area contributed by atoms with Crippen LogP contribution in [0.2, 0.25) is 0 Å². The third kappa shape index (κ3) is 3.78. The number of aliphatic hydroxyl groups excluding tert-OH is 1. The second-order valence-electron chi connectivity index (χ2n) is 7.63. The Morgan fingerprint density at radius 1 is 1.22 bits per heavy atom. The van der Waals surface area contributed by atoms with Crippen molar-refractivity contribution in [2.75, 3.05) is 27.2 Å². The van der Waals surface area contributed by atoms with E-state index in [-0.39, 0.29) is 6.10 Å². The molecular weight excluding hydrogens is 288 g/mol. The normalized spacial score (nSPS) is 33.3. The molecule has 2 aliphatic rings. The number of piperidine rings is 1. The van der Waals surface area contributed by atoms with Crippen LogP contribution in [0.15, 0.2) is 12.4 Å². The number of aliphatic hydroxyl groups is 1. The molecular formula is C18H32N4O. The minimum Gasteiger partial charge on any atom is -0.391 e. The third-order valence-corrected chi connectivity index (χ3v) is 5.86. The van der Waals surface area contributed by atoms with Gasteiger partial charge in [-0.1, -0.05) is 12.8 Å². The Bertz CT molecular complexity index is 503.